The Morgan fingerprint density at radius 1 is 0.727 bits per heavy atom. The molecule has 0 spiro atoms. The van der Waals surface area contributed by atoms with Gasteiger partial charge in [-0.3, -0.25) is 0 Å². The Morgan fingerprint density at radius 2 is 1.41 bits per heavy atom. The Kier molecular flexibility index (Phi) is 4.01. The van der Waals surface area contributed by atoms with Crippen LogP contribution in [0, 0.1) is 11.6 Å². The molecule has 3 aromatic carbocycles. The Hall–Kier alpha value is -2.48. The van der Waals surface area contributed by atoms with Crippen LogP contribution in [0.15, 0.2) is 66.7 Å². The van der Waals surface area contributed by atoms with Crippen LogP contribution in [0.5, 0.6) is 0 Å². The summed E-state index contributed by atoms with van der Waals surface area (Å²) in [5, 5.41) is 0. The molecule has 3 aromatic rings. The van der Waals surface area contributed by atoms with Crippen molar-refractivity contribution in [3.63, 3.8) is 0 Å². The minimum Gasteiger partial charge on any atom is -0.204 e. The molecule has 110 valence electrons. The SMILES string of the molecule is CCc1ccc(-c2c(-c3ccccc3)ccc(F)c2F)cc1. The van der Waals surface area contributed by atoms with Gasteiger partial charge >= 0.3 is 0 Å². The van der Waals surface area contributed by atoms with Gasteiger partial charge in [-0.1, -0.05) is 67.6 Å². The molecule has 2 heteroatoms. The quantitative estimate of drug-likeness (QED) is 0.567. The Bertz CT molecular complexity index is 775. The van der Waals surface area contributed by atoms with E-state index in [1.54, 1.807) is 6.07 Å². The number of hydrogen-bond acceptors (Lipinski definition) is 0. The van der Waals surface area contributed by atoms with E-state index < -0.39 is 11.6 Å². The van der Waals surface area contributed by atoms with Crippen molar-refractivity contribution in [3.8, 4) is 22.3 Å². The summed E-state index contributed by atoms with van der Waals surface area (Å²) in [6.45, 7) is 2.06. The number of hydrogen-bond donors (Lipinski definition) is 0. The fourth-order valence-electron chi connectivity index (χ4n) is 2.60. The zero-order valence-corrected chi connectivity index (χ0v) is 12.3. The van der Waals surface area contributed by atoms with Crippen molar-refractivity contribution >= 4 is 0 Å². The smallest absolute Gasteiger partial charge is 0.167 e. The molecule has 0 atom stereocenters. The first-order valence-corrected chi connectivity index (χ1v) is 7.33. The highest BCUT2D eigenvalue weighted by atomic mass is 19.2. The monoisotopic (exact) mass is 294 g/mol. The molecule has 0 N–H and O–H groups in total. The molecular formula is C20H16F2. The minimum atomic E-state index is -0.825. The van der Waals surface area contributed by atoms with Crippen LogP contribution in [0.2, 0.25) is 0 Å². The third-order valence-electron chi connectivity index (χ3n) is 3.83. The molecule has 0 saturated carbocycles. The molecule has 0 unspecified atom stereocenters. The molecule has 0 nitrogen and oxygen atoms in total. The van der Waals surface area contributed by atoms with E-state index in [0.29, 0.717) is 16.7 Å². The second kappa shape index (κ2) is 6.10. The topological polar surface area (TPSA) is 0 Å². The molecule has 0 heterocycles. The van der Waals surface area contributed by atoms with Gasteiger partial charge in [0.05, 0.1) is 0 Å². The third-order valence-corrected chi connectivity index (χ3v) is 3.83. The number of halogens is 2. The van der Waals surface area contributed by atoms with Gasteiger partial charge in [-0.25, -0.2) is 8.78 Å². The first kappa shape index (κ1) is 14.5. The Balaban J connectivity index is 2.22. The van der Waals surface area contributed by atoms with Crippen molar-refractivity contribution in [2.24, 2.45) is 0 Å². The van der Waals surface area contributed by atoms with Crippen molar-refractivity contribution in [2.75, 3.05) is 0 Å². The van der Waals surface area contributed by atoms with Gasteiger partial charge in [-0.05, 0) is 34.7 Å². The second-order valence-corrected chi connectivity index (χ2v) is 5.20. The van der Waals surface area contributed by atoms with Crippen LogP contribution in [0.4, 0.5) is 8.78 Å². The predicted octanol–water partition coefficient (Wildman–Crippen LogP) is 5.86. The van der Waals surface area contributed by atoms with Crippen molar-refractivity contribution < 1.29 is 8.78 Å². The van der Waals surface area contributed by atoms with E-state index >= 15 is 0 Å². The van der Waals surface area contributed by atoms with E-state index in [1.807, 2.05) is 54.6 Å². The fraction of sp³-hybridized carbons (Fsp3) is 0.100. The minimum absolute atomic E-state index is 0.314. The third kappa shape index (κ3) is 2.64. The van der Waals surface area contributed by atoms with Crippen LogP contribution in [0.1, 0.15) is 12.5 Å². The van der Waals surface area contributed by atoms with Crippen LogP contribution in [0.3, 0.4) is 0 Å². The standard InChI is InChI=1S/C20H16F2/c1-2-14-8-10-16(11-9-14)19-17(12-13-18(21)20(19)22)15-6-4-3-5-7-15/h3-13H,2H2,1H3. The summed E-state index contributed by atoms with van der Waals surface area (Å²) in [6, 6.07) is 19.9. The maximum absolute atomic E-state index is 14.4. The van der Waals surface area contributed by atoms with Gasteiger partial charge in [0, 0.05) is 5.56 Å². The molecular weight excluding hydrogens is 278 g/mol. The summed E-state index contributed by atoms with van der Waals surface area (Å²) >= 11 is 0. The van der Waals surface area contributed by atoms with Crippen molar-refractivity contribution in [1.82, 2.24) is 0 Å². The Labute approximate surface area is 129 Å². The second-order valence-electron chi connectivity index (χ2n) is 5.20. The van der Waals surface area contributed by atoms with Crippen molar-refractivity contribution in [1.29, 1.82) is 0 Å². The first-order chi connectivity index (χ1) is 10.7. The number of rotatable bonds is 3. The van der Waals surface area contributed by atoms with Gasteiger partial charge in [-0.15, -0.1) is 0 Å². The largest absolute Gasteiger partial charge is 0.204 e. The van der Waals surface area contributed by atoms with E-state index in [-0.39, 0.29) is 0 Å². The lowest BCUT2D eigenvalue weighted by Crippen LogP contribution is -1.94. The van der Waals surface area contributed by atoms with Crippen LogP contribution in [-0.2, 0) is 6.42 Å². The van der Waals surface area contributed by atoms with Crippen LogP contribution in [-0.4, -0.2) is 0 Å². The molecule has 0 aliphatic heterocycles. The number of benzene rings is 3. The maximum atomic E-state index is 14.4. The lowest BCUT2D eigenvalue weighted by atomic mass is 9.93. The highest BCUT2D eigenvalue weighted by Gasteiger charge is 2.16. The van der Waals surface area contributed by atoms with E-state index in [1.165, 1.54) is 11.6 Å². The lowest BCUT2D eigenvalue weighted by molar-refractivity contribution is 0.511. The molecule has 0 amide bonds. The van der Waals surface area contributed by atoms with E-state index in [4.69, 9.17) is 0 Å². The average molecular weight is 294 g/mol. The van der Waals surface area contributed by atoms with Gasteiger partial charge in [-0.2, -0.15) is 0 Å². The predicted molar refractivity (Wildman–Crippen MR) is 86.6 cm³/mol. The molecule has 22 heavy (non-hydrogen) atoms. The molecule has 3 rings (SSSR count). The molecule has 0 aliphatic carbocycles. The molecule has 0 aromatic heterocycles. The normalized spacial score (nSPS) is 10.7. The summed E-state index contributed by atoms with van der Waals surface area (Å²) < 4.78 is 28.2. The van der Waals surface area contributed by atoms with Gasteiger partial charge < -0.3 is 0 Å². The summed E-state index contributed by atoms with van der Waals surface area (Å²) in [6.07, 6.45) is 0.914. The van der Waals surface area contributed by atoms with Gasteiger partial charge in [0.15, 0.2) is 11.6 Å². The summed E-state index contributed by atoms with van der Waals surface area (Å²) in [7, 11) is 0. The maximum Gasteiger partial charge on any atom is 0.167 e. The van der Waals surface area contributed by atoms with E-state index in [0.717, 1.165) is 12.0 Å². The summed E-state index contributed by atoms with van der Waals surface area (Å²) in [5.41, 5.74) is 3.74. The highest BCUT2D eigenvalue weighted by Crippen LogP contribution is 2.35. The van der Waals surface area contributed by atoms with E-state index in [9.17, 15) is 8.78 Å². The molecule has 0 saturated heterocycles. The molecule has 0 aliphatic rings. The Morgan fingerprint density at radius 3 is 2.05 bits per heavy atom. The fourth-order valence-corrected chi connectivity index (χ4v) is 2.60. The zero-order chi connectivity index (χ0) is 15.5. The van der Waals surface area contributed by atoms with Crippen LogP contribution in [0.25, 0.3) is 22.3 Å². The van der Waals surface area contributed by atoms with Crippen LogP contribution >= 0.6 is 0 Å². The highest BCUT2D eigenvalue weighted by molar-refractivity contribution is 5.84. The number of aryl methyl sites for hydroxylation is 1. The van der Waals surface area contributed by atoms with Crippen LogP contribution < -0.4 is 0 Å². The van der Waals surface area contributed by atoms with Gasteiger partial charge in [0.2, 0.25) is 0 Å². The lowest BCUT2D eigenvalue weighted by Gasteiger charge is -2.12. The summed E-state index contributed by atoms with van der Waals surface area (Å²) in [4.78, 5) is 0. The van der Waals surface area contributed by atoms with Gasteiger partial charge in [0.25, 0.3) is 0 Å². The van der Waals surface area contributed by atoms with E-state index in [2.05, 4.69) is 6.92 Å². The van der Waals surface area contributed by atoms with Crippen molar-refractivity contribution in [3.05, 3.63) is 83.9 Å². The average Bonchev–Trinajstić information content (AvgIpc) is 2.58. The molecule has 0 bridgehead atoms. The van der Waals surface area contributed by atoms with Gasteiger partial charge in [0.1, 0.15) is 0 Å². The van der Waals surface area contributed by atoms with Crippen molar-refractivity contribution in [2.45, 2.75) is 13.3 Å². The summed E-state index contributed by atoms with van der Waals surface area (Å²) in [5.74, 6) is -1.63. The zero-order valence-electron chi connectivity index (χ0n) is 12.3. The molecule has 0 radical (unpaired) electrons. The molecule has 0 fully saturated rings. The first-order valence-electron chi connectivity index (χ1n) is 7.33.